The molecule has 4 nitrogen and oxygen atoms in total. The molecule has 5 heteroatoms. The SMILES string of the molecule is CCNC(CCOc1cccc(C)c1F)C(=O)O. The predicted molar refractivity (Wildman–Crippen MR) is 66.3 cm³/mol. The van der Waals surface area contributed by atoms with E-state index >= 15 is 0 Å². The van der Waals surface area contributed by atoms with Crippen LogP contribution in [0.2, 0.25) is 0 Å². The molecular formula is C13H18FNO3. The smallest absolute Gasteiger partial charge is 0.320 e. The van der Waals surface area contributed by atoms with E-state index < -0.39 is 17.8 Å². The average molecular weight is 255 g/mol. The number of carboxylic acids is 1. The van der Waals surface area contributed by atoms with Gasteiger partial charge in [0.05, 0.1) is 6.61 Å². The molecule has 0 aliphatic heterocycles. The van der Waals surface area contributed by atoms with Crippen LogP contribution >= 0.6 is 0 Å². The number of nitrogens with one attached hydrogen (secondary N) is 1. The third-order valence-electron chi connectivity index (χ3n) is 2.57. The summed E-state index contributed by atoms with van der Waals surface area (Å²) < 4.78 is 18.8. The summed E-state index contributed by atoms with van der Waals surface area (Å²) in [6, 6.07) is 4.22. The zero-order chi connectivity index (χ0) is 13.5. The van der Waals surface area contributed by atoms with Crippen molar-refractivity contribution in [2.45, 2.75) is 26.3 Å². The quantitative estimate of drug-likeness (QED) is 0.782. The maximum atomic E-state index is 13.6. The van der Waals surface area contributed by atoms with Crippen molar-refractivity contribution in [2.24, 2.45) is 0 Å². The predicted octanol–water partition coefficient (Wildman–Crippen LogP) is 1.97. The van der Waals surface area contributed by atoms with Crippen LogP contribution in [-0.2, 0) is 4.79 Å². The molecular weight excluding hydrogens is 237 g/mol. The van der Waals surface area contributed by atoms with Crippen LogP contribution in [0.1, 0.15) is 18.9 Å². The van der Waals surface area contributed by atoms with Crippen LogP contribution in [0.3, 0.4) is 0 Å². The number of halogens is 1. The van der Waals surface area contributed by atoms with E-state index in [1.165, 1.54) is 6.07 Å². The number of benzene rings is 1. The lowest BCUT2D eigenvalue weighted by Gasteiger charge is -2.14. The van der Waals surface area contributed by atoms with Gasteiger partial charge < -0.3 is 15.2 Å². The molecule has 0 heterocycles. The second kappa shape index (κ2) is 6.96. The van der Waals surface area contributed by atoms with Crippen LogP contribution in [0.5, 0.6) is 5.75 Å². The van der Waals surface area contributed by atoms with Gasteiger partial charge in [-0.3, -0.25) is 4.79 Å². The highest BCUT2D eigenvalue weighted by Crippen LogP contribution is 2.19. The van der Waals surface area contributed by atoms with Crippen molar-refractivity contribution >= 4 is 5.97 Å². The fourth-order valence-corrected chi connectivity index (χ4v) is 1.58. The Morgan fingerprint density at radius 3 is 2.89 bits per heavy atom. The second-order valence-corrected chi connectivity index (χ2v) is 3.97. The molecule has 0 radical (unpaired) electrons. The van der Waals surface area contributed by atoms with E-state index in [-0.39, 0.29) is 18.8 Å². The maximum absolute atomic E-state index is 13.6. The van der Waals surface area contributed by atoms with Crippen molar-refractivity contribution in [1.82, 2.24) is 5.32 Å². The lowest BCUT2D eigenvalue weighted by Crippen LogP contribution is -2.37. The molecule has 0 bridgehead atoms. The van der Waals surface area contributed by atoms with Crippen molar-refractivity contribution in [3.8, 4) is 5.75 Å². The molecule has 0 aromatic heterocycles. The summed E-state index contributed by atoms with van der Waals surface area (Å²) in [5.74, 6) is -1.16. The topological polar surface area (TPSA) is 58.6 Å². The Kier molecular flexibility index (Phi) is 5.58. The molecule has 0 amide bonds. The average Bonchev–Trinajstić information content (AvgIpc) is 2.33. The third-order valence-corrected chi connectivity index (χ3v) is 2.57. The van der Waals surface area contributed by atoms with Crippen LogP contribution in [0.4, 0.5) is 4.39 Å². The second-order valence-electron chi connectivity index (χ2n) is 3.97. The zero-order valence-electron chi connectivity index (χ0n) is 10.6. The first-order chi connectivity index (χ1) is 8.56. The molecule has 1 aromatic rings. The van der Waals surface area contributed by atoms with Crippen LogP contribution in [0, 0.1) is 12.7 Å². The normalized spacial score (nSPS) is 12.2. The number of rotatable bonds is 7. The first-order valence-corrected chi connectivity index (χ1v) is 5.90. The Morgan fingerprint density at radius 2 is 2.28 bits per heavy atom. The van der Waals surface area contributed by atoms with Crippen LogP contribution < -0.4 is 10.1 Å². The Morgan fingerprint density at radius 1 is 1.56 bits per heavy atom. The highest BCUT2D eigenvalue weighted by atomic mass is 19.1. The van der Waals surface area contributed by atoms with Crippen molar-refractivity contribution in [1.29, 1.82) is 0 Å². The fraction of sp³-hybridized carbons (Fsp3) is 0.462. The lowest BCUT2D eigenvalue weighted by atomic mass is 10.2. The van der Waals surface area contributed by atoms with Crippen molar-refractivity contribution in [3.63, 3.8) is 0 Å². The Labute approximate surface area is 106 Å². The van der Waals surface area contributed by atoms with Gasteiger partial charge in [0.2, 0.25) is 0 Å². The number of aryl methyl sites for hydroxylation is 1. The Balaban J connectivity index is 2.50. The Hall–Kier alpha value is -1.62. The van der Waals surface area contributed by atoms with E-state index in [1.54, 1.807) is 19.1 Å². The van der Waals surface area contributed by atoms with E-state index in [9.17, 15) is 9.18 Å². The summed E-state index contributed by atoms with van der Waals surface area (Å²) in [7, 11) is 0. The van der Waals surface area contributed by atoms with E-state index in [4.69, 9.17) is 9.84 Å². The highest BCUT2D eigenvalue weighted by molar-refractivity contribution is 5.73. The number of carboxylic acid groups (broad SMARTS) is 1. The molecule has 0 saturated carbocycles. The van der Waals surface area contributed by atoms with Crippen LogP contribution in [0.15, 0.2) is 18.2 Å². The first kappa shape index (κ1) is 14.4. The molecule has 18 heavy (non-hydrogen) atoms. The van der Waals surface area contributed by atoms with Gasteiger partial charge >= 0.3 is 5.97 Å². The standard InChI is InChI=1S/C13H18FNO3/c1-3-15-10(13(16)17)7-8-18-11-6-4-5-9(2)12(11)14/h4-6,10,15H,3,7-8H2,1-2H3,(H,16,17). The molecule has 0 aliphatic rings. The zero-order valence-corrected chi connectivity index (χ0v) is 10.6. The van der Waals surface area contributed by atoms with Gasteiger partial charge in [-0.05, 0) is 25.1 Å². The number of hydrogen-bond acceptors (Lipinski definition) is 3. The van der Waals surface area contributed by atoms with Gasteiger partial charge in [-0.15, -0.1) is 0 Å². The van der Waals surface area contributed by atoms with E-state index in [2.05, 4.69) is 5.32 Å². The summed E-state index contributed by atoms with van der Waals surface area (Å²) in [4.78, 5) is 10.9. The van der Waals surface area contributed by atoms with Gasteiger partial charge in [-0.2, -0.15) is 0 Å². The van der Waals surface area contributed by atoms with Crippen LogP contribution in [-0.4, -0.2) is 30.3 Å². The number of hydrogen-bond donors (Lipinski definition) is 2. The van der Waals surface area contributed by atoms with Gasteiger partial charge in [-0.1, -0.05) is 19.1 Å². The minimum atomic E-state index is -0.926. The molecule has 1 aromatic carbocycles. The van der Waals surface area contributed by atoms with E-state index in [0.29, 0.717) is 12.1 Å². The first-order valence-electron chi connectivity index (χ1n) is 5.90. The van der Waals surface area contributed by atoms with Crippen molar-refractivity contribution < 1.29 is 19.0 Å². The number of likely N-dealkylation sites (N-methyl/N-ethyl adjacent to an activating group) is 1. The fourth-order valence-electron chi connectivity index (χ4n) is 1.58. The molecule has 1 atom stereocenters. The van der Waals surface area contributed by atoms with Gasteiger partial charge in [0.25, 0.3) is 0 Å². The lowest BCUT2D eigenvalue weighted by molar-refractivity contribution is -0.139. The minimum absolute atomic E-state index is 0.157. The molecule has 0 saturated heterocycles. The molecule has 0 fully saturated rings. The monoisotopic (exact) mass is 255 g/mol. The maximum Gasteiger partial charge on any atom is 0.320 e. The summed E-state index contributed by atoms with van der Waals surface area (Å²) in [6.45, 7) is 4.21. The van der Waals surface area contributed by atoms with Crippen molar-refractivity contribution in [2.75, 3.05) is 13.2 Å². The molecule has 100 valence electrons. The minimum Gasteiger partial charge on any atom is -0.490 e. The number of aliphatic carboxylic acids is 1. The summed E-state index contributed by atoms with van der Waals surface area (Å²) in [5, 5.41) is 11.7. The van der Waals surface area contributed by atoms with Gasteiger partial charge in [-0.25, -0.2) is 4.39 Å². The molecule has 0 aliphatic carbocycles. The number of carbonyl (C=O) groups is 1. The van der Waals surface area contributed by atoms with Gasteiger partial charge in [0.1, 0.15) is 6.04 Å². The summed E-state index contributed by atoms with van der Waals surface area (Å²) in [5.41, 5.74) is 0.508. The Bertz CT molecular complexity index is 409. The van der Waals surface area contributed by atoms with Gasteiger partial charge in [0, 0.05) is 6.42 Å². The highest BCUT2D eigenvalue weighted by Gasteiger charge is 2.16. The number of ether oxygens (including phenoxy) is 1. The molecule has 0 spiro atoms. The third kappa shape index (κ3) is 4.00. The van der Waals surface area contributed by atoms with E-state index in [1.807, 2.05) is 6.92 Å². The van der Waals surface area contributed by atoms with Crippen LogP contribution in [0.25, 0.3) is 0 Å². The largest absolute Gasteiger partial charge is 0.490 e. The molecule has 1 unspecified atom stereocenters. The van der Waals surface area contributed by atoms with Crippen molar-refractivity contribution in [3.05, 3.63) is 29.6 Å². The summed E-state index contributed by atoms with van der Waals surface area (Å²) in [6.07, 6.45) is 0.288. The molecule has 1 rings (SSSR count). The summed E-state index contributed by atoms with van der Waals surface area (Å²) >= 11 is 0. The molecule has 2 N–H and O–H groups in total. The van der Waals surface area contributed by atoms with E-state index in [0.717, 1.165) is 0 Å². The van der Waals surface area contributed by atoms with Gasteiger partial charge in [0.15, 0.2) is 11.6 Å².